The van der Waals surface area contributed by atoms with Crippen molar-refractivity contribution in [1.82, 2.24) is 5.59 Å². The van der Waals surface area contributed by atoms with Gasteiger partial charge in [-0.3, -0.25) is 10.2 Å². The van der Waals surface area contributed by atoms with Gasteiger partial charge in [0.2, 0.25) is 0 Å². The van der Waals surface area contributed by atoms with Gasteiger partial charge in [0.15, 0.2) is 0 Å². The number of hydrogen-bond donors (Lipinski definition) is 2. The van der Waals surface area contributed by atoms with Crippen LogP contribution in [0, 0.1) is 0 Å². The van der Waals surface area contributed by atoms with Gasteiger partial charge < -0.3 is 4.84 Å². The number of carbonyl (C=O) groups excluding carboxylic acids is 1. The number of nitrogens with one attached hydrogen (secondary N) is 2. The first-order valence-corrected chi connectivity index (χ1v) is 3.09. The Labute approximate surface area is 64.1 Å². The van der Waals surface area contributed by atoms with E-state index in [1.165, 1.54) is 0 Å². The topological polar surface area (TPSA) is 50.4 Å². The van der Waals surface area contributed by atoms with Gasteiger partial charge in [-0.15, -0.1) is 0 Å². The second kappa shape index (κ2) is 4.29. The van der Waals surface area contributed by atoms with E-state index in [1.807, 2.05) is 30.3 Å². The number of carbonyl (C=O) groups is 1. The van der Waals surface area contributed by atoms with E-state index in [2.05, 4.69) is 15.9 Å². The molecule has 0 aromatic heterocycles. The molecule has 0 saturated carbocycles. The minimum atomic E-state index is 0.302. The Morgan fingerprint density at radius 3 is 2.64 bits per heavy atom. The predicted molar refractivity (Wildman–Crippen MR) is 40.3 cm³/mol. The van der Waals surface area contributed by atoms with Crippen molar-refractivity contribution >= 4 is 12.2 Å². The van der Waals surface area contributed by atoms with Crippen LogP contribution in [-0.4, -0.2) is 6.47 Å². The van der Waals surface area contributed by atoms with Crippen molar-refractivity contribution in [2.24, 2.45) is 0 Å². The Morgan fingerprint density at radius 1 is 1.27 bits per heavy atom. The van der Waals surface area contributed by atoms with E-state index in [0.29, 0.717) is 6.47 Å². The molecule has 4 nitrogen and oxygen atoms in total. The van der Waals surface area contributed by atoms with Crippen LogP contribution >= 0.6 is 0 Å². The van der Waals surface area contributed by atoms with Crippen LogP contribution in [0.1, 0.15) is 0 Å². The smallest absolute Gasteiger partial charge is 0.315 e. The van der Waals surface area contributed by atoms with Crippen LogP contribution in [0.2, 0.25) is 0 Å². The molecule has 0 bridgehead atoms. The monoisotopic (exact) mass is 152 g/mol. The van der Waals surface area contributed by atoms with E-state index >= 15 is 0 Å². The number of benzene rings is 1. The van der Waals surface area contributed by atoms with Gasteiger partial charge >= 0.3 is 6.47 Å². The first-order valence-electron chi connectivity index (χ1n) is 3.09. The van der Waals surface area contributed by atoms with Crippen LogP contribution in [-0.2, 0) is 9.63 Å². The molecule has 1 aromatic carbocycles. The lowest BCUT2D eigenvalue weighted by atomic mass is 10.3. The molecular weight excluding hydrogens is 144 g/mol. The number of hydrogen-bond acceptors (Lipinski definition) is 4. The molecule has 11 heavy (non-hydrogen) atoms. The van der Waals surface area contributed by atoms with Crippen molar-refractivity contribution in [2.75, 3.05) is 5.43 Å². The van der Waals surface area contributed by atoms with E-state index in [-0.39, 0.29) is 0 Å². The third kappa shape index (κ3) is 2.68. The van der Waals surface area contributed by atoms with E-state index < -0.39 is 0 Å². The van der Waals surface area contributed by atoms with Crippen molar-refractivity contribution < 1.29 is 9.63 Å². The maximum atomic E-state index is 9.67. The summed E-state index contributed by atoms with van der Waals surface area (Å²) in [5.41, 5.74) is 5.70. The molecule has 4 heteroatoms. The van der Waals surface area contributed by atoms with Crippen LogP contribution in [0.4, 0.5) is 5.69 Å². The van der Waals surface area contributed by atoms with E-state index in [9.17, 15) is 4.79 Å². The van der Waals surface area contributed by atoms with Crippen LogP contribution in [0.15, 0.2) is 30.3 Å². The minimum absolute atomic E-state index is 0.302. The lowest BCUT2D eigenvalue weighted by molar-refractivity contribution is -0.134. The van der Waals surface area contributed by atoms with Crippen LogP contribution in [0.25, 0.3) is 0 Å². The van der Waals surface area contributed by atoms with Crippen molar-refractivity contribution in [3.05, 3.63) is 30.3 Å². The van der Waals surface area contributed by atoms with Gasteiger partial charge in [0.05, 0.1) is 5.69 Å². The molecule has 0 amide bonds. The number of anilines is 1. The summed E-state index contributed by atoms with van der Waals surface area (Å²) >= 11 is 0. The van der Waals surface area contributed by atoms with E-state index in [0.717, 1.165) is 5.69 Å². The summed E-state index contributed by atoms with van der Waals surface area (Å²) < 4.78 is 0. The molecule has 0 aliphatic rings. The zero-order chi connectivity index (χ0) is 7.94. The number of para-hydroxylation sites is 1. The first-order chi connectivity index (χ1) is 5.43. The van der Waals surface area contributed by atoms with E-state index in [1.54, 1.807) is 0 Å². The normalized spacial score (nSPS) is 8.73. The average molecular weight is 152 g/mol. The largest absolute Gasteiger partial charge is 0.354 e. The van der Waals surface area contributed by atoms with Crippen LogP contribution < -0.4 is 11.0 Å². The fourth-order valence-electron chi connectivity index (χ4n) is 0.634. The number of rotatable bonds is 4. The second-order valence-corrected chi connectivity index (χ2v) is 1.81. The van der Waals surface area contributed by atoms with Gasteiger partial charge in [0, 0.05) is 0 Å². The summed E-state index contributed by atoms with van der Waals surface area (Å²) in [5, 5.41) is 0. The maximum absolute atomic E-state index is 9.67. The molecule has 0 fully saturated rings. The molecule has 1 rings (SSSR count). The van der Waals surface area contributed by atoms with Crippen LogP contribution in [0.3, 0.4) is 0 Å². The summed E-state index contributed by atoms with van der Waals surface area (Å²) in [6.45, 7) is 0.302. The zero-order valence-corrected chi connectivity index (χ0v) is 5.78. The summed E-state index contributed by atoms with van der Waals surface area (Å²) in [7, 11) is 0. The third-order valence-corrected chi connectivity index (χ3v) is 1.08. The fourth-order valence-corrected chi connectivity index (χ4v) is 0.634. The lowest BCUT2D eigenvalue weighted by Crippen LogP contribution is -2.20. The average Bonchev–Trinajstić information content (AvgIpc) is 2.07. The van der Waals surface area contributed by atoms with Gasteiger partial charge in [-0.2, -0.15) is 0 Å². The molecule has 0 spiro atoms. The molecule has 0 radical (unpaired) electrons. The molecule has 0 saturated heterocycles. The highest BCUT2D eigenvalue weighted by atomic mass is 16.7. The Balaban J connectivity index is 2.33. The highest BCUT2D eigenvalue weighted by molar-refractivity contribution is 5.42. The maximum Gasteiger partial charge on any atom is 0.315 e. The predicted octanol–water partition coefficient (Wildman–Crippen LogP) is 0.691. The molecule has 0 aliphatic heterocycles. The molecule has 2 N–H and O–H groups in total. The van der Waals surface area contributed by atoms with E-state index in [4.69, 9.17) is 0 Å². The van der Waals surface area contributed by atoms with Gasteiger partial charge in [-0.25, -0.2) is 0 Å². The van der Waals surface area contributed by atoms with Gasteiger partial charge in [0.1, 0.15) is 0 Å². The van der Waals surface area contributed by atoms with Crippen molar-refractivity contribution in [1.29, 1.82) is 0 Å². The fraction of sp³-hybridized carbons (Fsp3) is 0. The Bertz CT molecular complexity index is 213. The van der Waals surface area contributed by atoms with Gasteiger partial charge in [-0.1, -0.05) is 23.8 Å². The van der Waals surface area contributed by atoms with Gasteiger partial charge in [0.25, 0.3) is 0 Å². The summed E-state index contributed by atoms with van der Waals surface area (Å²) in [6, 6.07) is 9.30. The lowest BCUT2D eigenvalue weighted by Gasteiger charge is -2.03. The number of hydrazine groups is 1. The molecule has 0 heterocycles. The summed E-state index contributed by atoms with van der Waals surface area (Å²) in [6.07, 6.45) is 0. The molecule has 1 aromatic rings. The van der Waals surface area contributed by atoms with Crippen molar-refractivity contribution in [2.45, 2.75) is 0 Å². The second-order valence-electron chi connectivity index (χ2n) is 1.81. The van der Waals surface area contributed by atoms with Crippen LogP contribution in [0.5, 0.6) is 0 Å². The Morgan fingerprint density at radius 2 is 2.00 bits per heavy atom. The SMILES string of the molecule is O=CONNc1ccccc1. The summed E-state index contributed by atoms with van der Waals surface area (Å²) in [4.78, 5) is 13.9. The highest BCUT2D eigenvalue weighted by Crippen LogP contribution is 2.01. The molecule has 0 unspecified atom stereocenters. The minimum Gasteiger partial charge on any atom is -0.354 e. The molecule has 0 aliphatic carbocycles. The van der Waals surface area contributed by atoms with Crippen molar-refractivity contribution in [3.63, 3.8) is 0 Å². The quantitative estimate of drug-likeness (QED) is 0.378. The highest BCUT2D eigenvalue weighted by Gasteiger charge is 1.84. The zero-order valence-electron chi connectivity index (χ0n) is 5.78. The molecular formula is C7H8N2O2. The van der Waals surface area contributed by atoms with Gasteiger partial charge in [-0.05, 0) is 12.1 Å². The molecule has 58 valence electrons. The third-order valence-electron chi connectivity index (χ3n) is 1.08. The summed E-state index contributed by atoms with van der Waals surface area (Å²) in [5.74, 6) is 0. The first kappa shape index (κ1) is 7.56. The Hall–Kier alpha value is -1.55. The van der Waals surface area contributed by atoms with Crippen molar-refractivity contribution in [3.8, 4) is 0 Å². The Kier molecular flexibility index (Phi) is 2.95. The standard InChI is InChI=1S/C7H8N2O2/c10-6-11-9-8-7-4-2-1-3-5-7/h1-6,8-9H. The molecule has 0 atom stereocenters.